The highest BCUT2D eigenvalue weighted by Gasteiger charge is 2.26. The van der Waals surface area contributed by atoms with Crippen LogP contribution >= 0.6 is 0 Å². The van der Waals surface area contributed by atoms with E-state index < -0.39 is 12.0 Å². The van der Waals surface area contributed by atoms with Gasteiger partial charge in [0.05, 0.1) is 13.2 Å². The lowest BCUT2D eigenvalue weighted by Gasteiger charge is -2.19. The summed E-state index contributed by atoms with van der Waals surface area (Å²) in [5.74, 6) is -0.852. The minimum Gasteiger partial charge on any atom is -0.467 e. The number of esters is 1. The van der Waals surface area contributed by atoms with Crippen LogP contribution in [0.2, 0.25) is 0 Å². The highest BCUT2D eigenvalue weighted by molar-refractivity contribution is 5.95. The Morgan fingerprint density at radius 3 is 2.36 bits per heavy atom. The molecule has 0 fully saturated rings. The molecule has 6 heteroatoms. The topological polar surface area (TPSA) is 73.2 Å². The van der Waals surface area contributed by atoms with Crippen molar-refractivity contribution in [2.75, 3.05) is 7.11 Å². The fourth-order valence-corrected chi connectivity index (χ4v) is 2.44. The Kier molecular flexibility index (Phi) is 6.59. The number of nitrogens with zero attached hydrogens (tertiary/aromatic N) is 2. The Morgan fingerprint density at radius 1 is 1.32 bits per heavy atom. The van der Waals surface area contributed by atoms with Crippen molar-refractivity contribution >= 4 is 11.9 Å². The summed E-state index contributed by atoms with van der Waals surface area (Å²) in [6.45, 7) is 9.84. The number of ether oxygens (including phenoxy) is 1. The van der Waals surface area contributed by atoms with Crippen LogP contribution in [0.15, 0.2) is 6.07 Å². The molecule has 0 bridgehead atoms. The zero-order valence-electron chi connectivity index (χ0n) is 14.3. The molecule has 1 N–H and O–H groups in total. The molecule has 0 aliphatic rings. The summed E-state index contributed by atoms with van der Waals surface area (Å²) in [4.78, 5) is 24.1. The van der Waals surface area contributed by atoms with Crippen molar-refractivity contribution in [2.24, 2.45) is 5.92 Å². The quantitative estimate of drug-likeness (QED) is 0.785. The summed E-state index contributed by atoms with van der Waals surface area (Å²) in [7, 11) is 1.32. The zero-order chi connectivity index (χ0) is 16.9. The maximum Gasteiger partial charge on any atom is 0.328 e. The predicted molar refractivity (Wildman–Crippen MR) is 84.7 cm³/mol. The molecule has 0 aliphatic heterocycles. The van der Waals surface area contributed by atoms with Crippen molar-refractivity contribution in [3.8, 4) is 0 Å². The van der Waals surface area contributed by atoms with Crippen molar-refractivity contribution in [2.45, 2.75) is 59.5 Å². The van der Waals surface area contributed by atoms with Gasteiger partial charge in [0.1, 0.15) is 11.7 Å². The number of rotatable bonds is 7. The van der Waals surface area contributed by atoms with Crippen LogP contribution < -0.4 is 5.32 Å². The van der Waals surface area contributed by atoms with Crippen LogP contribution in [0.4, 0.5) is 0 Å². The van der Waals surface area contributed by atoms with Crippen LogP contribution in [0.5, 0.6) is 0 Å². The number of methoxy groups -OCH3 is 1. The number of aromatic nitrogens is 2. The Balaban J connectivity index is 2.94. The molecule has 6 nitrogen and oxygen atoms in total. The average Bonchev–Trinajstić information content (AvgIpc) is 2.87. The highest BCUT2D eigenvalue weighted by atomic mass is 16.5. The van der Waals surface area contributed by atoms with Crippen LogP contribution in [0.1, 0.15) is 62.8 Å². The van der Waals surface area contributed by atoms with Gasteiger partial charge >= 0.3 is 5.97 Å². The molecule has 1 amide bonds. The number of amides is 1. The number of hydrogen-bond donors (Lipinski definition) is 1. The Hall–Kier alpha value is -1.85. The third-order valence-electron chi connectivity index (χ3n) is 3.85. The first-order valence-electron chi connectivity index (χ1n) is 7.80. The summed E-state index contributed by atoms with van der Waals surface area (Å²) >= 11 is 0. The molecule has 0 aliphatic carbocycles. The fraction of sp³-hybridized carbons (Fsp3) is 0.688. The summed E-state index contributed by atoms with van der Waals surface area (Å²) < 4.78 is 6.62. The van der Waals surface area contributed by atoms with E-state index in [0.717, 1.165) is 18.5 Å². The average molecular weight is 309 g/mol. The molecule has 1 heterocycles. The Labute approximate surface area is 132 Å². The van der Waals surface area contributed by atoms with Gasteiger partial charge in [-0.25, -0.2) is 4.79 Å². The molecule has 22 heavy (non-hydrogen) atoms. The van der Waals surface area contributed by atoms with E-state index in [-0.39, 0.29) is 17.9 Å². The van der Waals surface area contributed by atoms with Crippen LogP contribution in [0.3, 0.4) is 0 Å². The van der Waals surface area contributed by atoms with E-state index in [2.05, 4.69) is 24.3 Å². The number of nitrogens with one attached hydrogen (secondary N) is 1. The molecule has 1 aromatic rings. The lowest BCUT2D eigenvalue weighted by molar-refractivity contribution is -0.144. The number of aryl methyl sites for hydroxylation is 1. The van der Waals surface area contributed by atoms with E-state index >= 15 is 0 Å². The molecule has 0 unspecified atom stereocenters. The van der Waals surface area contributed by atoms with Gasteiger partial charge in [-0.3, -0.25) is 9.48 Å². The minimum absolute atomic E-state index is 0.0568. The van der Waals surface area contributed by atoms with Gasteiger partial charge in [0.2, 0.25) is 0 Å². The maximum atomic E-state index is 12.4. The lowest BCUT2D eigenvalue weighted by Crippen LogP contribution is -2.45. The van der Waals surface area contributed by atoms with Gasteiger partial charge in [-0.15, -0.1) is 0 Å². The van der Waals surface area contributed by atoms with Crippen LogP contribution in [0, 0.1) is 12.8 Å². The van der Waals surface area contributed by atoms with Crippen LogP contribution in [0.25, 0.3) is 0 Å². The molecule has 1 rings (SSSR count). The van der Waals surface area contributed by atoms with Gasteiger partial charge in [0, 0.05) is 5.69 Å². The van der Waals surface area contributed by atoms with Gasteiger partial charge < -0.3 is 10.1 Å². The summed E-state index contributed by atoms with van der Waals surface area (Å²) in [5.41, 5.74) is 1.27. The summed E-state index contributed by atoms with van der Waals surface area (Å²) in [5, 5.41) is 7.11. The van der Waals surface area contributed by atoms with E-state index in [0.29, 0.717) is 5.69 Å². The molecular formula is C16H27N3O3. The van der Waals surface area contributed by atoms with E-state index in [1.807, 2.05) is 25.5 Å². The third kappa shape index (κ3) is 4.08. The van der Waals surface area contributed by atoms with Crippen LogP contribution in [-0.4, -0.2) is 34.8 Å². The second-order valence-electron chi connectivity index (χ2n) is 5.80. The molecule has 0 aromatic carbocycles. The van der Waals surface area contributed by atoms with E-state index in [9.17, 15) is 9.59 Å². The van der Waals surface area contributed by atoms with Gasteiger partial charge in [0.15, 0.2) is 0 Å². The van der Waals surface area contributed by atoms with E-state index in [1.54, 1.807) is 6.07 Å². The molecule has 0 saturated carbocycles. The summed E-state index contributed by atoms with van der Waals surface area (Å²) in [6.07, 6.45) is 1.91. The summed E-state index contributed by atoms with van der Waals surface area (Å²) in [6, 6.07) is 1.36. The van der Waals surface area contributed by atoms with E-state index in [4.69, 9.17) is 4.74 Å². The van der Waals surface area contributed by atoms with Crippen molar-refractivity contribution < 1.29 is 14.3 Å². The van der Waals surface area contributed by atoms with Crippen molar-refractivity contribution in [1.82, 2.24) is 15.1 Å². The standard InChI is InChI=1S/C16H27N3O3/c1-7-12(8-2)19-11(5)9-13(18-19)15(20)17-14(10(3)4)16(21)22-6/h9-10,12,14H,7-8H2,1-6H3,(H,17,20)/t14-/m0/s1. The molecule has 0 spiro atoms. The largest absolute Gasteiger partial charge is 0.467 e. The second-order valence-corrected chi connectivity index (χ2v) is 5.80. The number of hydrogen-bond acceptors (Lipinski definition) is 4. The first kappa shape index (κ1) is 18.2. The van der Waals surface area contributed by atoms with Crippen molar-refractivity contribution in [3.63, 3.8) is 0 Å². The van der Waals surface area contributed by atoms with Gasteiger partial charge in [-0.2, -0.15) is 5.10 Å². The first-order chi connectivity index (χ1) is 10.3. The number of carbonyl (C=O) groups is 2. The van der Waals surface area contributed by atoms with Gasteiger partial charge in [-0.1, -0.05) is 27.7 Å². The Bertz CT molecular complexity index is 519. The smallest absolute Gasteiger partial charge is 0.328 e. The number of carbonyl (C=O) groups excluding carboxylic acids is 2. The third-order valence-corrected chi connectivity index (χ3v) is 3.85. The molecule has 1 atom stereocenters. The molecule has 0 saturated heterocycles. The molecule has 124 valence electrons. The highest BCUT2D eigenvalue weighted by Crippen LogP contribution is 2.18. The molecule has 1 aromatic heterocycles. The van der Waals surface area contributed by atoms with Gasteiger partial charge in [-0.05, 0) is 31.7 Å². The normalized spacial score (nSPS) is 12.5. The predicted octanol–water partition coefficient (Wildman–Crippen LogP) is 2.48. The molecule has 0 radical (unpaired) electrons. The SMILES string of the molecule is CCC(CC)n1nc(C(=O)N[C@H](C(=O)OC)C(C)C)cc1C. The van der Waals surface area contributed by atoms with Crippen molar-refractivity contribution in [1.29, 1.82) is 0 Å². The van der Waals surface area contributed by atoms with Crippen LogP contribution in [-0.2, 0) is 9.53 Å². The first-order valence-corrected chi connectivity index (χ1v) is 7.80. The fourth-order valence-electron chi connectivity index (χ4n) is 2.44. The monoisotopic (exact) mass is 309 g/mol. The second kappa shape index (κ2) is 7.96. The lowest BCUT2D eigenvalue weighted by atomic mass is 10.0. The minimum atomic E-state index is -0.670. The van der Waals surface area contributed by atoms with E-state index in [1.165, 1.54) is 7.11 Å². The maximum absolute atomic E-state index is 12.4. The van der Waals surface area contributed by atoms with Gasteiger partial charge in [0.25, 0.3) is 5.91 Å². The van der Waals surface area contributed by atoms with Crippen molar-refractivity contribution in [3.05, 3.63) is 17.5 Å². The Morgan fingerprint density at radius 2 is 1.91 bits per heavy atom. The molecular weight excluding hydrogens is 282 g/mol. The zero-order valence-corrected chi connectivity index (χ0v) is 14.3.